The molecule has 0 saturated carbocycles. The predicted molar refractivity (Wildman–Crippen MR) is 106 cm³/mol. The standard InChI is InChI=1S/C20H21N3O6/c1-20(2,3)22-18(25)15-7-5-6-8-16(15)21-17(24)12-9-13(19(26)29-4)11-14(10-12)23(27)28/h5-11H,1-4H3,(H,21,24)(H,22,25). The van der Waals surface area contributed by atoms with Crippen molar-refractivity contribution in [3.05, 3.63) is 69.3 Å². The van der Waals surface area contributed by atoms with Crippen molar-refractivity contribution in [1.82, 2.24) is 5.32 Å². The molecule has 0 saturated heterocycles. The van der Waals surface area contributed by atoms with Crippen molar-refractivity contribution in [2.24, 2.45) is 0 Å². The molecule has 9 nitrogen and oxygen atoms in total. The van der Waals surface area contributed by atoms with Gasteiger partial charge in [-0.25, -0.2) is 4.79 Å². The van der Waals surface area contributed by atoms with E-state index < -0.39 is 28.0 Å². The van der Waals surface area contributed by atoms with Gasteiger partial charge in [0, 0.05) is 23.2 Å². The first-order valence-corrected chi connectivity index (χ1v) is 8.62. The fourth-order valence-corrected chi connectivity index (χ4v) is 2.48. The molecule has 0 unspecified atom stereocenters. The number of esters is 1. The summed E-state index contributed by atoms with van der Waals surface area (Å²) in [5.41, 5.74) is -0.711. The Balaban J connectivity index is 2.38. The van der Waals surface area contributed by atoms with E-state index in [2.05, 4.69) is 15.4 Å². The molecule has 0 spiro atoms. The fourth-order valence-electron chi connectivity index (χ4n) is 2.48. The zero-order valence-electron chi connectivity index (χ0n) is 16.4. The Morgan fingerprint density at radius 1 is 1.00 bits per heavy atom. The number of nitro groups is 1. The summed E-state index contributed by atoms with van der Waals surface area (Å²) in [4.78, 5) is 47.4. The molecule has 0 heterocycles. The Morgan fingerprint density at radius 2 is 1.62 bits per heavy atom. The average Bonchev–Trinajstić information content (AvgIpc) is 2.65. The first kappa shape index (κ1) is 21.5. The summed E-state index contributed by atoms with van der Waals surface area (Å²) in [6.45, 7) is 5.47. The molecule has 0 aliphatic heterocycles. The molecular weight excluding hydrogens is 378 g/mol. The first-order valence-electron chi connectivity index (χ1n) is 8.62. The highest BCUT2D eigenvalue weighted by atomic mass is 16.6. The van der Waals surface area contributed by atoms with Crippen LogP contribution < -0.4 is 10.6 Å². The predicted octanol–water partition coefficient (Wildman–Crippen LogP) is 3.16. The van der Waals surface area contributed by atoms with E-state index in [9.17, 15) is 24.5 Å². The van der Waals surface area contributed by atoms with Crippen molar-refractivity contribution in [2.45, 2.75) is 26.3 Å². The second-order valence-corrected chi connectivity index (χ2v) is 7.22. The van der Waals surface area contributed by atoms with Crippen molar-refractivity contribution in [1.29, 1.82) is 0 Å². The maximum Gasteiger partial charge on any atom is 0.338 e. The molecule has 0 bridgehead atoms. The van der Waals surface area contributed by atoms with Crippen LogP contribution in [0.4, 0.5) is 11.4 Å². The number of benzene rings is 2. The van der Waals surface area contributed by atoms with Crippen LogP contribution in [0.2, 0.25) is 0 Å². The molecule has 9 heteroatoms. The highest BCUT2D eigenvalue weighted by molar-refractivity contribution is 6.10. The van der Waals surface area contributed by atoms with E-state index in [1.54, 1.807) is 18.2 Å². The van der Waals surface area contributed by atoms with Crippen LogP contribution in [0.1, 0.15) is 51.8 Å². The number of hydrogen-bond acceptors (Lipinski definition) is 6. The summed E-state index contributed by atoms with van der Waals surface area (Å²) in [7, 11) is 1.13. The van der Waals surface area contributed by atoms with Gasteiger partial charge < -0.3 is 15.4 Å². The lowest BCUT2D eigenvalue weighted by Gasteiger charge is -2.21. The molecule has 2 aromatic rings. The molecule has 2 amide bonds. The number of amides is 2. The Hall–Kier alpha value is -3.75. The van der Waals surface area contributed by atoms with Crippen LogP contribution in [0.5, 0.6) is 0 Å². The van der Waals surface area contributed by atoms with Crippen molar-refractivity contribution in [2.75, 3.05) is 12.4 Å². The fraction of sp³-hybridized carbons (Fsp3) is 0.250. The first-order chi connectivity index (χ1) is 13.5. The van der Waals surface area contributed by atoms with Gasteiger partial charge in [-0.1, -0.05) is 12.1 Å². The van der Waals surface area contributed by atoms with Crippen molar-refractivity contribution in [3.8, 4) is 0 Å². The molecular formula is C20H21N3O6. The number of methoxy groups -OCH3 is 1. The molecule has 0 fully saturated rings. The second-order valence-electron chi connectivity index (χ2n) is 7.22. The Morgan fingerprint density at radius 3 is 2.21 bits per heavy atom. The number of para-hydroxylation sites is 1. The number of nitro benzene ring substituents is 1. The number of carbonyl (C=O) groups excluding carboxylic acids is 3. The van der Waals surface area contributed by atoms with Gasteiger partial charge in [0.05, 0.1) is 28.8 Å². The number of ether oxygens (including phenoxy) is 1. The molecule has 0 radical (unpaired) electrons. The van der Waals surface area contributed by atoms with Crippen LogP contribution in [-0.2, 0) is 4.74 Å². The highest BCUT2D eigenvalue weighted by Gasteiger charge is 2.21. The third-order valence-corrected chi connectivity index (χ3v) is 3.72. The smallest absolute Gasteiger partial charge is 0.338 e. The number of rotatable bonds is 5. The van der Waals surface area contributed by atoms with Crippen LogP contribution >= 0.6 is 0 Å². The summed E-state index contributed by atoms with van der Waals surface area (Å²) in [5, 5.41) is 16.5. The molecule has 2 aromatic carbocycles. The van der Waals surface area contributed by atoms with Crippen molar-refractivity contribution < 1.29 is 24.0 Å². The van der Waals surface area contributed by atoms with Gasteiger partial charge in [-0.2, -0.15) is 0 Å². The molecule has 29 heavy (non-hydrogen) atoms. The third kappa shape index (κ3) is 5.61. The van der Waals surface area contributed by atoms with Gasteiger partial charge in [0.1, 0.15) is 0 Å². The zero-order chi connectivity index (χ0) is 21.8. The van der Waals surface area contributed by atoms with E-state index in [1.165, 1.54) is 12.1 Å². The van der Waals surface area contributed by atoms with Crippen molar-refractivity contribution in [3.63, 3.8) is 0 Å². The number of nitrogens with one attached hydrogen (secondary N) is 2. The topological polar surface area (TPSA) is 128 Å². The summed E-state index contributed by atoms with van der Waals surface area (Å²) in [5.74, 6) is -1.91. The van der Waals surface area contributed by atoms with E-state index in [0.717, 1.165) is 19.2 Å². The maximum absolute atomic E-state index is 12.7. The van der Waals surface area contributed by atoms with Crippen LogP contribution in [0.15, 0.2) is 42.5 Å². The minimum absolute atomic E-state index is 0.120. The van der Waals surface area contributed by atoms with Crippen LogP contribution in [-0.4, -0.2) is 35.4 Å². The van der Waals surface area contributed by atoms with Crippen LogP contribution in [0.3, 0.4) is 0 Å². The van der Waals surface area contributed by atoms with E-state index >= 15 is 0 Å². The van der Waals surface area contributed by atoms with E-state index in [-0.39, 0.29) is 28.3 Å². The van der Waals surface area contributed by atoms with E-state index in [4.69, 9.17) is 0 Å². The lowest BCUT2D eigenvalue weighted by atomic mass is 10.1. The summed E-state index contributed by atoms with van der Waals surface area (Å²) >= 11 is 0. The maximum atomic E-state index is 12.7. The molecule has 0 atom stereocenters. The lowest BCUT2D eigenvalue weighted by Crippen LogP contribution is -2.40. The molecule has 2 rings (SSSR count). The summed E-state index contributed by atoms with van der Waals surface area (Å²) in [6.07, 6.45) is 0. The Labute approximate surface area is 167 Å². The van der Waals surface area contributed by atoms with Gasteiger partial charge in [-0.3, -0.25) is 19.7 Å². The van der Waals surface area contributed by atoms with Crippen LogP contribution in [0, 0.1) is 10.1 Å². The lowest BCUT2D eigenvalue weighted by molar-refractivity contribution is -0.384. The highest BCUT2D eigenvalue weighted by Crippen LogP contribution is 2.21. The normalized spacial score (nSPS) is 10.8. The molecule has 0 aliphatic carbocycles. The molecule has 2 N–H and O–H groups in total. The molecule has 152 valence electrons. The zero-order valence-corrected chi connectivity index (χ0v) is 16.4. The van der Waals surface area contributed by atoms with Gasteiger partial charge in [-0.15, -0.1) is 0 Å². The van der Waals surface area contributed by atoms with Crippen molar-refractivity contribution >= 4 is 29.2 Å². The number of carbonyl (C=O) groups is 3. The second kappa shape index (κ2) is 8.51. The van der Waals surface area contributed by atoms with E-state index in [0.29, 0.717) is 0 Å². The van der Waals surface area contributed by atoms with E-state index in [1.807, 2.05) is 20.8 Å². The third-order valence-electron chi connectivity index (χ3n) is 3.72. The summed E-state index contributed by atoms with van der Waals surface area (Å²) < 4.78 is 4.57. The van der Waals surface area contributed by atoms with Gasteiger partial charge in [0.25, 0.3) is 17.5 Å². The van der Waals surface area contributed by atoms with Gasteiger partial charge in [-0.05, 0) is 39.0 Å². The largest absolute Gasteiger partial charge is 0.465 e. The van der Waals surface area contributed by atoms with Crippen LogP contribution in [0.25, 0.3) is 0 Å². The van der Waals surface area contributed by atoms with Gasteiger partial charge in [0.2, 0.25) is 0 Å². The minimum Gasteiger partial charge on any atom is -0.465 e. The monoisotopic (exact) mass is 399 g/mol. The van der Waals surface area contributed by atoms with Gasteiger partial charge in [0.15, 0.2) is 0 Å². The molecule has 0 aliphatic rings. The number of anilines is 1. The number of non-ortho nitro benzene ring substituents is 1. The SMILES string of the molecule is COC(=O)c1cc(C(=O)Nc2ccccc2C(=O)NC(C)(C)C)cc([N+](=O)[O-])c1. The van der Waals surface area contributed by atoms with Gasteiger partial charge >= 0.3 is 5.97 Å². The quantitative estimate of drug-likeness (QED) is 0.452. The number of hydrogen-bond donors (Lipinski definition) is 2. The molecule has 0 aromatic heterocycles. The number of nitrogens with zero attached hydrogens (tertiary/aromatic N) is 1. The average molecular weight is 399 g/mol. The summed E-state index contributed by atoms with van der Waals surface area (Å²) in [6, 6.07) is 9.61. The Bertz CT molecular complexity index is 978. The minimum atomic E-state index is -0.812. The Kier molecular flexibility index (Phi) is 6.32.